The van der Waals surface area contributed by atoms with Gasteiger partial charge in [0.15, 0.2) is 0 Å². The van der Waals surface area contributed by atoms with E-state index in [1.165, 1.54) is 5.56 Å². The molecule has 4 nitrogen and oxygen atoms in total. The first-order valence-corrected chi connectivity index (χ1v) is 6.94. The summed E-state index contributed by atoms with van der Waals surface area (Å²) < 4.78 is 5.69. The van der Waals surface area contributed by atoms with Gasteiger partial charge in [-0.3, -0.25) is 0 Å². The lowest BCUT2D eigenvalue weighted by Gasteiger charge is -2.10. The summed E-state index contributed by atoms with van der Waals surface area (Å²) in [5, 5.41) is 0. The maximum absolute atomic E-state index is 5.69. The van der Waals surface area contributed by atoms with Gasteiger partial charge in [0, 0.05) is 12.2 Å². The molecule has 1 aromatic carbocycles. The molecule has 0 amide bonds. The minimum Gasteiger partial charge on any atom is -0.424 e. The van der Waals surface area contributed by atoms with Gasteiger partial charge in [-0.15, -0.1) is 0 Å². The number of benzene rings is 1. The first-order chi connectivity index (χ1) is 9.62. The fourth-order valence-corrected chi connectivity index (χ4v) is 1.96. The molecule has 2 rings (SSSR count). The summed E-state index contributed by atoms with van der Waals surface area (Å²) in [6.45, 7) is 6.68. The summed E-state index contributed by atoms with van der Waals surface area (Å²) in [7, 11) is 0. The van der Waals surface area contributed by atoms with Gasteiger partial charge >= 0.3 is 6.01 Å². The number of rotatable bonds is 5. The van der Waals surface area contributed by atoms with Crippen molar-refractivity contribution in [2.75, 3.05) is 0 Å². The zero-order valence-electron chi connectivity index (χ0n) is 12.3. The SMILES string of the molecule is CCC(C)c1ccc(Oc2nc(C)cc(CN)n2)cc1. The van der Waals surface area contributed by atoms with Gasteiger partial charge in [-0.1, -0.05) is 26.0 Å². The molecular formula is C16H21N3O. The molecule has 1 heterocycles. The Bertz CT molecular complexity index is 566. The van der Waals surface area contributed by atoms with Crippen LogP contribution in [0.1, 0.15) is 43.1 Å². The highest BCUT2D eigenvalue weighted by atomic mass is 16.5. The first-order valence-electron chi connectivity index (χ1n) is 6.94. The van der Waals surface area contributed by atoms with Crippen LogP contribution >= 0.6 is 0 Å². The van der Waals surface area contributed by atoms with Crippen LogP contribution in [0.2, 0.25) is 0 Å². The van der Waals surface area contributed by atoms with E-state index >= 15 is 0 Å². The van der Waals surface area contributed by atoms with Crippen LogP contribution in [0, 0.1) is 6.92 Å². The quantitative estimate of drug-likeness (QED) is 0.903. The van der Waals surface area contributed by atoms with E-state index in [9.17, 15) is 0 Å². The van der Waals surface area contributed by atoms with E-state index in [-0.39, 0.29) is 0 Å². The van der Waals surface area contributed by atoms with E-state index in [1.807, 2.05) is 25.1 Å². The first kappa shape index (κ1) is 14.5. The third-order valence-corrected chi connectivity index (χ3v) is 3.37. The van der Waals surface area contributed by atoms with Crippen LogP contribution in [-0.4, -0.2) is 9.97 Å². The molecule has 0 fully saturated rings. The van der Waals surface area contributed by atoms with Crippen molar-refractivity contribution in [3.8, 4) is 11.8 Å². The summed E-state index contributed by atoms with van der Waals surface area (Å²) in [4.78, 5) is 8.52. The number of aromatic nitrogens is 2. The average Bonchev–Trinajstić information content (AvgIpc) is 2.46. The Hall–Kier alpha value is -1.94. The second-order valence-corrected chi connectivity index (χ2v) is 4.97. The van der Waals surface area contributed by atoms with E-state index in [0.717, 1.165) is 23.6 Å². The van der Waals surface area contributed by atoms with Gasteiger partial charge in [-0.05, 0) is 43.0 Å². The lowest BCUT2D eigenvalue weighted by Crippen LogP contribution is -2.03. The predicted octanol–water partition coefficient (Wildman–Crippen LogP) is 3.55. The Morgan fingerprint density at radius 1 is 1.20 bits per heavy atom. The molecule has 0 aliphatic heterocycles. The van der Waals surface area contributed by atoms with E-state index in [0.29, 0.717) is 18.5 Å². The minimum atomic E-state index is 0.349. The van der Waals surface area contributed by atoms with Crippen molar-refractivity contribution in [3.63, 3.8) is 0 Å². The molecule has 0 saturated carbocycles. The van der Waals surface area contributed by atoms with Crippen molar-refractivity contribution >= 4 is 0 Å². The Labute approximate surface area is 120 Å². The smallest absolute Gasteiger partial charge is 0.322 e. The fraction of sp³-hybridized carbons (Fsp3) is 0.375. The van der Waals surface area contributed by atoms with Gasteiger partial charge in [-0.25, -0.2) is 4.98 Å². The van der Waals surface area contributed by atoms with Gasteiger partial charge in [0.05, 0.1) is 5.69 Å². The number of hydrogen-bond donors (Lipinski definition) is 1. The lowest BCUT2D eigenvalue weighted by atomic mass is 9.99. The number of ether oxygens (including phenoxy) is 1. The number of hydrogen-bond acceptors (Lipinski definition) is 4. The third kappa shape index (κ3) is 3.54. The topological polar surface area (TPSA) is 61.0 Å². The highest BCUT2D eigenvalue weighted by molar-refractivity contribution is 5.31. The molecule has 106 valence electrons. The summed E-state index contributed by atoms with van der Waals surface area (Å²) in [6, 6.07) is 10.3. The van der Waals surface area contributed by atoms with Gasteiger partial charge in [0.1, 0.15) is 5.75 Å². The molecule has 0 aliphatic rings. The van der Waals surface area contributed by atoms with Gasteiger partial charge < -0.3 is 10.5 Å². The van der Waals surface area contributed by atoms with Gasteiger partial charge in [-0.2, -0.15) is 4.98 Å². The van der Waals surface area contributed by atoms with Crippen molar-refractivity contribution < 1.29 is 4.74 Å². The highest BCUT2D eigenvalue weighted by Crippen LogP contribution is 2.23. The summed E-state index contributed by atoms with van der Waals surface area (Å²) >= 11 is 0. The maximum atomic E-state index is 5.69. The molecule has 0 aliphatic carbocycles. The maximum Gasteiger partial charge on any atom is 0.322 e. The van der Waals surface area contributed by atoms with E-state index in [4.69, 9.17) is 10.5 Å². The standard InChI is InChI=1S/C16H21N3O/c1-4-11(2)13-5-7-15(8-6-13)20-16-18-12(3)9-14(10-17)19-16/h5-9,11H,4,10,17H2,1-3H3. The van der Waals surface area contributed by atoms with E-state index < -0.39 is 0 Å². The monoisotopic (exact) mass is 271 g/mol. The van der Waals surface area contributed by atoms with Crippen LogP contribution in [0.3, 0.4) is 0 Å². The molecule has 1 atom stereocenters. The van der Waals surface area contributed by atoms with Crippen LogP contribution in [-0.2, 0) is 6.54 Å². The molecule has 1 unspecified atom stereocenters. The fourth-order valence-electron chi connectivity index (χ4n) is 1.96. The van der Waals surface area contributed by atoms with Crippen molar-refractivity contribution in [2.45, 2.75) is 39.7 Å². The summed E-state index contributed by atoms with van der Waals surface area (Å²) in [5.41, 5.74) is 8.55. The summed E-state index contributed by atoms with van der Waals surface area (Å²) in [6.07, 6.45) is 1.13. The zero-order valence-corrected chi connectivity index (χ0v) is 12.3. The highest BCUT2D eigenvalue weighted by Gasteiger charge is 2.06. The molecule has 0 saturated heterocycles. The molecule has 2 N–H and O–H groups in total. The van der Waals surface area contributed by atoms with Crippen LogP contribution in [0.15, 0.2) is 30.3 Å². The molecule has 4 heteroatoms. The Balaban J connectivity index is 2.15. The summed E-state index contributed by atoms with van der Waals surface area (Å²) in [5.74, 6) is 1.30. The normalized spacial score (nSPS) is 12.2. The van der Waals surface area contributed by atoms with Crippen LogP contribution in [0.25, 0.3) is 0 Å². The third-order valence-electron chi connectivity index (χ3n) is 3.37. The molecule has 2 aromatic rings. The van der Waals surface area contributed by atoms with Crippen LogP contribution in [0.5, 0.6) is 11.8 Å². The second kappa shape index (κ2) is 6.48. The zero-order chi connectivity index (χ0) is 14.5. The lowest BCUT2D eigenvalue weighted by molar-refractivity contribution is 0.437. The van der Waals surface area contributed by atoms with Crippen molar-refractivity contribution in [1.29, 1.82) is 0 Å². The number of aryl methyl sites for hydroxylation is 1. The van der Waals surface area contributed by atoms with Gasteiger partial charge in [0.2, 0.25) is 0 Å². The minimum absolute atomic E-state index is 0.349. The largest absolute Gasteiger partial charge is 0.424 e. The Morgan fingerprint density at radius 2 is 1.90 bits per heavy atom. The molecule has 0 radical (unpaired) electrons. The Morgan fingerprint density at radius 3 is 2.50 bits per heavy atom. The number of nitrogens with zero attached hydrogens (tertiary/aromatic N) is 2. The molecule has 20 heavy (non-hydrogen) atoms. The number of nitrogens with two attached hydrogens (primary N) is 1. The van der Waals surface area contributed by atoms with Crippen molar-refractivity contribution in [3.05, 3.63) is 47.3 Å². The van der Waals surface area contributed by atoms with E-state index in [1.54, 1.807) is 0 Å². The van der Waals surface area contributed by atoms with Crippen LogP contribution < -0.4 is 10.5 Å². The average molecular weight is 271 g/mol. The van der Waals surface area contributed by atoms with Gasteiger partial charge in [0.25, 0.3) is 0 Å². The molecule has 1 aromatic heterocycles. The van der Waals surface area contributed by atoms with E-state index in [2.05, 4.69) is 35.9 Å². The van der Waals surface area contributed by atoms with Crippen molar-refractivity contribution in [1.82, 2.24) is 9.97 Å². The molecule has 0 bridgehead atoms. The van der Waals surface area contributed by atoms with Crippen LogP contribution in [0.4, 0.5) is 0 Å². The molecular weight excluding hydrogens is 250 g/mol. The Kier molecular flexibility index (Phi) is 4.69. The predicted molar refractivity (Wildman–Crippen MR) is 79.9 cm³/mol. The van der Waals surface area contributed by atoms with Crippen molar-refractivity contribution in [2.24, 2.45) is 5.73 Å². The second-order valence-electron chi connectivity index (χ2n) is 4.97. The molecule has 0 spiro atoms.